The Morgan fingerprint density at radius 1 is 1.50 bits per heavy atom. The Morgan fingerprint density at radius 2 is 2.28 bits per heavy atom. The van der Waals surface area contributed by atoms with Gasteiger partial charge in [-0.15, -0.1) is 6.58 Å². The molecule has 0 aliphatic heterocycles. The average molecular weight is 241 g/mol. The lowest BCUT2D eigenvalue weighted by molar-refractivity contribution is -0.117. The van der Waals surface area contributed by atoms with Gasteiger partial charge in [0.15, 0.2) is 0 Å². The average Bonchev–Trinajstić information content (AvgIpc) is 2.39. The van der Waals surface area contributed by atoms with E-state index in [2.05, 4.69) is 16.9 Å². The number of hydrogen-bond donors (Lipinski definition) is 2. The Hall–Kier alpha value is -2.20. The molecule has 1 unspecified atom stereocenters. The molecule has 4 nitrogen and oxygen atoms in total. The van der Waals surface area contributed by atoms with Crippen molar-refractivity contribution in [2.75, 3.05) is 5.32 Å². The number of nitrogens with one attached hydrogen (secondary N) is 1. The number of hydrogen-bond acceptors (Lipinski definition) is 3. The minimum Gasteiger partial charge on any atom is -0.323 e. The van der Waals surface area contributed by atoms with Gasteiger partial charge in [0.1, 0.15) is 0 Å². The molecule has 3 N–H and O–H groups in total. The monoisotopic (exact) mass is 241 g/mol. The standard InChI is InChI=1S/C14H15N3O/c1-2-5-12(15)14(18)17-11-8-10-6-3-4-7-13(10)16-9-11/h2-4,6-9,12H,1,5,15H2,(H,17,18). The van der Waals surface area contributed by atoms with E-state index in [-0.39, 0.29) is 5.91 Å². The molecule has 0 aliphatic carbocycles. The fraction of sp³-hybridized carbons (Fsp3) is 0.143. The van der Waals surface area contributed by atoms with Gasteiger partial charge in [-0.2, -0.15) is 0 Å². The van der Waals surface area contributed by atoms with Crippen molar-refractivity contribution in [3.63, 3.8) is 0 Å². The van der Waals surface area contributed by atoms with Crippen molar-refractivity contribution >= 4 is 22.5 Å². The van der Waals surface area contributed by atoms with Crippen LogP contribution in [0.15, 0.2) is 49.2 Å². The van der Waals surface area contributed by atoms with Gasteiger partial charge in [-0.25, -0.2) is 0 Å². The van der Waals surface area contributed by atoms with Gasteiger partial charge < -0.3 is 11.1 Å². The molecule has 0 saturated carbocycles. The van der Waals surface area contributed by atoms with Crippen molar-refractivity contribution in [3.05, 3.63) is 49.2 Å². The number of nitrogens with two attached hydrogens (primary N) is 1. The van der Waals surface area contributed by atoms with Gasteiger partial charge in [0.25, 0.3) is 0 Å². The fourth-order valence-corrected chi connectivity index (χ4v) is 1.66. The number of anilines is 1. The molecule has 4 heteroatoms. The molecular formula is C14H15N3O. The Kier molecular flexibility index (Phi) is 3.69. The molecule has 0 aliphatic rings. The van der Waals surface area contributed by atoms with Crippen LogP contribution in [-0.4, -0.2) is 16.9 Å². The summed E-state index contributed by atoms with van der Waals surface area (Å²) in [5.41, 5.74) is 7.23. The number of fused-ring (bicyclic) bond motifs is 1. The quantitative estimate of drug-likeness (QED) is 0.805. The Labute approximate surface area is 106 Å². The molecule has 0 spiro atoms. The van der Waals surface area contributed by atoms with Gasteiger partial charge in [-0.05, 0) is 18.6 Å². The maximum absolute atomic E-state index is 11.7. The van der Waals surface area contributed by atoms with E-state index in [1.807, 2.05) is 30.3 Å². The van der Waals surface area contributed by atoms with Crippen molar-refractivity contribution in [2.45, 2.75) is 12.5 Å². The summed E-state index contributed by atoms with van der Waals surface area (Å²) in [6, 6.07) is 9.02. The summed E-state index contributed by atoms with van der Waals surface area (Å²) in [4.78, 5) is 16.0. The van der Waals surface area contributed by atoms with Gasteiger partial charge in [0.05, 0.1) is 23.4 Å². The Morgan fingerprint density at radius 3 is 3.06 bits per heavy atom. The largest absolute Gasteiger partial charge is 0.323 e. The summed E-state index contributed by atoms with van der Waals surface area (Å²) in [5, 5.41) is 3.72. The molecule has 2 aromatic rings. The fourth-order valence-electron chi connectivity index (χ4n) is 1.66. The van der Waals surface area contributed by atoms with Gasteiger partial charge in [0, 0.05) is 5.39 Å². The second kappa shape index (κ2) is 5.42. The first-order chi connectivity index (χ1) is 8.70. The summed E-state index contributed by atoms with van der Waals surface area (Å²) in [6.07, 6.45) is 3.70. The number of carbonyl (C=O) groups excluding carboxylic acids is 1. The minimum atomic E-state index is -0.575. The molecule has 0 bridgehead atoms. The van der Waals surface area contributed by atoms with E-state index in [4.69, 9.17) is 5.73 Å². The van der Waals surface area contributed by atoms with Crippen LogP contribution in [-0.2, 0) is 4.79 Å². The van der Waals surface area contributed by atoms with Crippen LogP contribution in [0.2, 0.25) is 0 Å². The number of para-hydroxylation sites is 1. The topological polar surface area (TPSA) is 68.0 Å². The van der Waals surface area contributed by atoms with Crippen LogP contribution in [0.4, 0.5) is 5.69 Å². The van der Waals surface area contributed by atoms with Crippen molar-refractivity contribution < 1.29 is 4.79 Å². The number of rotatable bonds is 4. The molecule has 1 heterocycles. The van der Waals surface area contributed by atoms with Crippen molar-refractivity contribution in [2.24, 2.45) is 5.73 Å². The SMILES string of the molecule is C=CCC(N)C(=O)Nc1cnc2ccccc2c1. The third kappa shape index (κ3) is 2.73. The maximum Gasteiger partial charge on any atom is 0.241 e. The van der Waals surface area contributed by atoms with E-state index in [9.17, 15) is 4.79 Å². The molecule has 1 aromatic heterocycles. The third-order valence-corrected chi connectivity index (χ3v) is 2.62. The van der Waals surface area contributed by atoms with Crippen LogP contribution >= 0.6 is 0 Å². The number of carbonyl (C=O) groups is 1. The lowest BCUT2D eigenvalue weighted by atomic mass is 10.2. The normalized spacial score (nSPS) is 12.1. The Balaban J connectivity index is 2.16. The lowest BCUT2D eigenvalue weighted by Gasteiger charge is -2.10. The highest BCUT2D eigenvalue weighted by atomic mass is 16.2. The van der Waals surface area contributed by atoms with E-state index in [0.717, 1.165) is 10.9 Å². The molecule has 1 amide bonds. The predicted molar refractivity (Wildman–Crippen MR) is 73.2 cm³/mol. The summed E-state index contributed by atoms with van der Waals surface area (Å²) in [6.45, 7) is 3.56. The molecule has 0 saturated heterocycles. The van der Waals surface area contributed by atoms with E-state index in [1.165, 1.54) is 0 Å². The number of nitrogens with zero attached hydrogens (tertiary/aromatic N) is 1. The van der Waals surface area contributed by atoms with Crippen LogP contribution < -0.4 is 11.1 Å². The highest BCUT2D eigenvalue weighted by Crippen LogP contribution is 2.16. The smallest absolute Gasteiger partial charge is 0.241 e. The summed E-state index contributed by atoms with van der Waals surface area (Å²) >= 11 is 0. The lowest BCUT2D eigenvalue weighted by Crippen LogP contribution is -2.35. The molecular weight excluding hydrogens is 226 g/mol. The molecule has 1 aromatic carbocycles. The van der Waals surface area contributed by atoms with Crippen LogP contribution in [0.3, 0.4) is 0 Å². The summed E-state index contributed by atoms with van der Waals surface area (Å²) < 4.78 is 0. The maximum atomic E-state index is 11.7. The van der Waals surface area contributed by atoms with Crippen LogP contribution in [0.25, 0.3) is 10.9 Å². The zero-order chi connectivity index (χ0) is 13.0. The van der Waals surface area contributed by atoms with Gasteiger partial charge in [0.2, 0.25) is 5.91 Å². The van der Waals surface area contributed by atoms with E-state index >= 15 is 0 Å². The third-order valence-electron chi connectivity index (χ3n) is 2.62. The second-order valence-corrected chi connectivity index (χ2v) is 4.04. The zero-order valence-electron chi connectivity index (χ0n) is 9.97. The first-order valence-electron chi connectivity index (χ1n) is 5.73. The molecule has 0 radical (unpaired) electrons. The second-order valence-electron chi connectivity index (χ2n) is 4.04. The van der Waals surface area contributed by atoms with Crippen LogP contribution in [0.1, 0.15) is 6.42 Å². The van der Waals surface area contributed by atoms with Crippen molar-refractivity contribution in [1.82, 2.24) is 4.98 Å². The van der Waals surface area contributed by atoms with Crippen molar-refractivity contribution in [1.29, 1.82) is 0 Å². The number of aromatic nitrogens is 1. The highest BCUT2D eigenvalue weighted by Gasteiger charge is 2.11. The molecule has 92 valence electrons. The van der Waals surface area contributed by atoms with Crippen LogP contribution in [0, 0.1) is 0 Å². The number of benzene rings is 1. The van der Waals surface area contributed by atoms with Crippen molar-refractivity contribution in [3.8, 4) is 0 Å². The van der Waals surface area contributed by atoms with E-state index in [0.29, 0.717) is 12.1 Å². The Bertz CT molecular complexity index is 580. The first kappa shape index (κ1) is 12.3. The van der Waals surface area contributed by atoms with E-state index < -0.39 is 6.04 Å². The molecule has 18 heavy (non-hydrogen) atoms. The summed E-state index contributed by atoms with van der Waals surface area (Å²) in [7, 11) is 0. The van der Waals surface area contributed by atoms with Gasteiger partial charge in [-0.1, -0.05) is 24.3 Å². The summed E-state index contributed by atoms with van der Waals surface area (Å²) in [5.74, 6) is -0.230. The molecule has 2 rings (SSSR count). The molecule has 1 atom stereocenters. The molecule has 0 fully saturated rings. The van der Waals surface area contributed by atoms with Gasteiger partial charge in [-0.3, -0.25) is 9.78 Å². The van der Waals surface area contributed by atoms with Gasteiger partial charge >= 0.3 is 0 Å². The first-order valence-corrected chi connectivity index (χ1v) is 5.73. The van der Waals surface area contributed by atoms with Crippen LogP contribution in [0.5, 0.6) is 0 Å². The number of pyridine rings is 1. The number of amides is 1. The minimum absolute atomic E-state index is 0.230. The zero-order valence-corrected chi connectivity index (χ0v) is 9.97. The highest BCUT2D eigenvalue weighted by molar-refractivity contribution is 5.96. The predicted octanol–water partition coefficient (Wildman–Crippen LogP) is 2.08. The van der Waals surface area contributed by atoms with E-state index in [1.54, 1.807) is 12.3 Å².